The van der Waals surface area contributed by atoms with Crippen LogP contribution in [0.25, 0.3) is 0 Å². The SMILES string of the molecule is Nc1ccc(CN2CC3CC(N3)C2=O)cc1. The first-order valence-corrected chi connectivity index (χ1v) is 5.61. The summed E-state index contributed by atoms with van der Waals surface area (Å²) in [6.45, 7) is 1.54. The Hall–Kier alpha value is -1.55. The number of fused-ring (bicyclic) bond motifs is 2. The lowest BCUT2D eigenvalue weighted by molar-refractivity contribution is -0.143. The van der Waals surface area contributed by atoms with Crippen LogP contribution in [-0.4, -0.2) is 29.4 Å². The lowest BCUT2D eigenvalue weighted by Crippen LogP contribution is -2.69. The van der Waals surface area contributed by atoms with Gasteiger partial charge in [-0.3, -0.25) is 4.79 Å². The normalized spacial score (nSPS) is 27.8. The number of nitrogens with one attached hydrogen (secondary N) is 1. The molecule has 4 nitrogen and oxygen atoms in total. The van der Waals surface area contributed by atoms with Crippen LogP contribution >= 0.6 is 0 Å². The predicted molar refractivity (Wildman–Crippen MR) is 61.6 cm³/mol. The van der Waals surface area contributed by atoms with Gasteiger partial charge in [-0.05, 0) is 24.1 Å². The molecule has 3 heterocycles. The minimum Gasteiger partial charge on any atom is -0.399 e. The van der Waals surface area contributed by atoms with Crippen molar-refractivity contribution in [2.45, 2.75) is 25.0 Å². The molecule has 3 N–H and O–H groups in total. The average molecular weight is 217 g/mol. The molecule has 1 amide bonds. The van der Waals surface area contributed by atoms with E-state index in [0.717, 1.165) is 24.2 Å². The molecule has 0 radical (unpaired) electrons. The highest BCUT2D eigenvalue weighted by molar-refractivity contribution is 5.84. The molecule has 0 aromatic heterocycles. The van der Waals surface area contributed by atoms with Crippen LogP contribution in [0.2, 0.25) is 0 Å². The maximum atomic E-state index is 11.9. The molecular weight excluding hydrogens is 202 g/mol. The van der Waals surface area contributed by atoms with Crippen LogP contribution in [0, 0.1) is 0 Å². The summed E-state index contributed by atoms with van der Waals surface area (Å²) in [5.41, 5.74) is 7.53. The number of amides is 1. The van der Waals surface area contributed by atoms with Gasteiger partial charge in [0, 0.05) is 24.8 Å². The van der Waals surface area contributed by atoms with Gasteiger partial charge in [0.25, 0.3) is 0 Å². The van der Waals surface area contributed by atoms with Gasteiger partial charge in [-0.2, -0.15) is 0 Å². The highest BCUT2D eigenvalue weighted by atomic mass is 16.2. The van der Waals surface area contributed by atoms with Crippen LogP contribution in [0.1, 0.15) is 12.0 Å². The number of carbonyl (C=O) groups is 1. The molecule has 2 atom stereocenters. The number of nitrogen functional groups attached to an aromatic ring is 1. The minimum atomic E-state index is 0.0764. The van der Waals surface area contributed by atoms with Crippen molar-refractivity contribution in [1.82, 2.24) is 10.2 Å². The van der Waals surface area contributed by atoms with E-state index in [0.29, 0.717) is 12.6 Å². The molecule has 4 heteroatoms. The van der Waals surface area contributed by atoms with Gasteiger partial charge in [0.15, 0.2) is 0 Å². The largest absolute Gasteiger partial charge is 0.399 e. The number of hydrogen-bond acceptors (Lipinski definition) is 3. The van der Waals surface area contributed by atoms with Gasteiger partial charge in [-0.1, -0.05) is 12.1 Å². The molecule has 2 bridgehead atoms. The van der Waals surface area contributed by atoms with Gasteiger partial charge in [-0.25, -0.2) is 0 Å². The Morgan fingerprint density at radius 1 is 1.38 bits per heavy atom. The summed E-state index contributed by atoms with van der Waals surface area (Å²) in [6.07, 6.45) is 1.01. The summed E-state index contributed by atoms with van der Waals surface area (Å²) in [4.78, 5) is 13.8. The van der Waals surface area contributed by atoms with Crippen molar-refractivity contribution < 1.29 is 4.79 Å². The Kier molecular flexibility index (Phi) is 2.11. The fourth-order valence-electron chi connectivity index (χ4n) is 2.41. The number of nitrogens with two attached hydrogens (primary N) is 1. The molecule has 3 fully saturated rings. The molecule has 0 aliphatic carbocycles. The zero-order valence-electron chi connectivity index (χ0n) is 9.02. The fraction of sp³-hybridized carbons (Fsp3) is 0.417. The molecule has 16 heavy (non-hydrogen) atoms. The number of piperidine rings is 1. The Morgan fingerprint density at radius 2 is 2.06 bits per heavy atom. The molecule has 2 unspecified atom stereocenters. The van der Waals surface area contributed by atoms with Gasteiger partial charge in [0.2, 0.25) is 5.91 Å². The number of nitrogens with zero attached hydrogens (tertiary/aromatic N) is 1. The maximum absolute atomic E-state index is 11.9. The summed E-state index contributed by atoms with van der Waals surface area (Å²) in [6, 6.07) is 8.31. The van der Waals surface area contributed by atoms with Crippen molar-refractivity contribution in [3.63, 3.8) is 0 Å². The second-order valence-corrected chi connectivity index (χ2v) is 4.61. The summed E-state index contributed by atoms with van der Waals surface area (Å²) in [5.74, 6) is 0.235. The summed E-state index contributed by atoms with van der Waals surface area (Å²) in [5, 5.41) is 3.24. The van der Waals surface area contributed by atoms with Gasteiger partial charge in [0.05, 0.1) is 6.04 Å². The topological polar surface area (TPSA) is 58.4 Å². The quantitative estimate of drug-likeness (QED) is 0.702. The molecule has 84 valence electrons. The highest BCUT2D eigenvalue weighted by Gasteiger charge is 2.42. The van der Waals surface area contributed by atoms with Crippen molar-refractivity contribution in [1.29, 1.82) is 0 Å². The zero-order valence-corrected chi connectivity index (χ0v) is 9.02. The van der Waals surface area contributed by atoms with Gasteiger partial charge >= 0.3 is 0 Å². The van der Waals surface area contributed by atoms with E-state index in [-0.39, 0.29) is 11.9 Å². The van der Waals surface area contributed by atoms with E-state index in [1.54, 1.807) is 0 Å². The maximum Gasteiger partial charge on any atom is 0.240 e. The third-order valence-corrected chi connectivity index (χ3v) is 3.36. The van der Waals surface area contributed by atoms with Gasteiger partial charge in [-0.15, -0.1) is 0 Å². The number of hydrogen-bond donors (Lipinski definition) is 2. The standard InChI is InChI=1S/C12H15N3O/c13-9-3-1-8(2-4-9)6-15-7-10-5-11(14-10)12(15)16/h1-4,10-11,14H,5-7,13H2. The lowest BCUT2D eigenvalue weighted by Gasteiger charge is -2.47. The van der Waals surface area contributed by atoms with E-state index >= 15 is 0 Å². The van der Waals surface area contributed by atoms with Crippen molar-refractivity contribution >= 4 is 11.6 Å². The number of rotatable bonds is 2. The van der Waals surface area contributed by atoms with Crippen LogP contribution in [0.5, 0.6) is 0 Å². The van der Waals surface area contributed by atoms with E-state index in [1.807, 2.05) is 29.2 Å². The number of piperazine rings is 1. The third-order valence-electron chi connectivity index (χ3n) is 3.36. The average Bonchev–Trinajstić information content (AvgIpc) is 2.22. The molecule has 3 aliphatic heterocycles. The molecule has 3 aliphatic rings. The predicted octanol–water partition coefficient (Wildman–Crippen LogP) is 0.341. The molecule has 0 saturated carbocycles. The van der Waals surface area contributed by atoms with E-state index in [4.69, 9.17) is 5.73 Å². The number of carbonyl (C=O) groups excluding carboxylic acids is 1. The number of anilines is 1. The van der Waals surface area contributed by atoms with Crippen LogP contribution in [0.3, 0.4) is 0 Å². The fourth-order valence-corrected chi connectivity index (χ4v) is 2.41. The Bertz CT molecular complexity index is 409. The van der Waals surface area contributed by atoms with Gasteiger partial charge < -0.3 is 16.0 Å². The minimum absolute atomic E-state index is 0.0764. The second-order valence-electron chi connectivity index (χ2n) is 4.61. The van der Waals surface area contributed by atoms with Gasteiger partial charge in [0.1, 0.15) is 0 Å². The van der Waals surface area contributed by atoms with Crippen LogP contribution < -0.4 is 11.1 Å². The molecule has 4 rings (SSSR count). The first-order valence-electron chi connectivity index (χ1n) is 5.61. The molecule has 0 spiro atoms. The molecule has 1 aromatic rings. The zero-order chi connectivity index (χ0) is 11.1. The molecule has 3 saturated heterocycles. The van der Waals surface area contributed by atoms with Crippen LogP contribution in [-0.2, 0) is 11.3 Å². The van der Waals surface area contributed by atoms with E-state index < -0.39 is 0 Å². The van der Waals surface area contributed by atoms with Crippen molar-refractivity contribution in [2.24, 2.45) is 0 Å². The molecular formula is C12H15N3O. The highest BCUT2D eigenvalue weighted by Crippen LogP contribution is 2.23. The summed E-state index contributed by atoms with van der Waals surface area (Å²) >= 11 is 0. The van der Waals surface area contributed by atoms with Crippen LogP contribution in [0.15, 0.2) is 24.3 Å². The monoisotopic (exact) mass is 217 g/mol. The second kappa shape index (κ2) is 3.49. The Labute approximate surface area is 94.4 Å². The van der Waals surface area contributed by atoms with Crippen molar-refractivity contribution in [2.75, 3.05) is 12.3 Å². The van der Waals surface area contributed by atoms with Crippen LogP contribution in [0.4, 0.5) is 5.69 Å². The van der Waals surface area contributed by atoms with E-state index in [9.17, 15) is 4.79 Å². The third kappa shape index (κ3) is 1.55. The Balaban J connectivity index is 1.70. The van der Waals surface area contributed by atoms with E-state index in [1.165, 1.54) is 0 Å². The smallest absolute Gasteiger partial charge is 0.240 e. The first-order chi connectivity index (χ1) is 7.72. The van der Waals surface area contributed by atoms with Crippen molar-refractivity contribution in [3.8, 4) is 0 Å². The summed E-state index contributed by atoms with van der Waals surface area (Å²) < 4.78 is 0. The number of benzene rings is 1. The van der Waals surface area contributed by atoms with E-state index in [2.05, 4.69) is 5.32 Å². The lowest BCUT2D eigenvalue weighted by atomic mass is 9.90. The Morgan fingerprint density at radius 3 is 2.69 bits per heavy atom. The summed E-state index contributed by atoms with van der Waals surface area (Å²) in [7, 11) is 0. The molecule has 1 aromatic carbocycles. The van der Waals surface area contributed by atoms with Crippen molar-refractivity contribution in [3.05, 3.63) is 29.8 Å². The first kappa shape index (κ1) is 9.66.